The monoisotopic (exact) mass is 322 g/mol. The number of amides is 1. The van der Waals surface area contributed by atoms with Gasteiger partial charge in [-0.15, -0.1) is 0 Å². The van der Waals surface area contributed by atoms with Crippen molar-refractivity contribution in [1.82, 2.24) is 10.3 Å². The van der Waals surface area contributed by atoms with Crippen LogP contribution in [0.5, 0.6) is 0 Å². The van der Waals surface area contributed by atoms with Crippen LogP contribution in [0.25, 0.3) is 10.9 Å². The minimum Gasteiger partial charge on any atom is -0.451 e. The molecule has 3 rings (SSSR count). The van der Waals surface area contributed by atoms with Crippen molar-refractivity contribution in [3.63, 3.8) is 0 Å². The summed E-state index contributed by atoms with van der Waals surface area (Å²) in [5.74, 6) is -0.875. The smallest absolute Gasteiger partial charge is 0.355 e. The number of esters is 1. The van der Waals surface area contributed by atoms with Gasteiger partial charge in [-0.2, -0.15) is 0 Å². The van der Waals surface area contributed by atoms with Crippen LogP contribution in [-0.2, 0) is 16.1 Å². The number of hydrogen-bond donors (Lipinski definition) is 2. The molecular weight excluding hydrogens is 304 g/mol. The molecule has 0 radical (unpaired) electrons. The Bertz CT molecular complexity index is 850. The third-order valence-corrected chi connectivity index (χ3v) is 3.82. The van der Waals surface area contributed by atoms with Gasteiger partial charge in [-0.3, -0.25) is 4.79 Å². The Morgan fingerprint density at radius 1 is 1.08 bits per heavy atom. The van der Waals surface area contributed by atoms with Gasteiger partial charge in [0.2, 0.25) is 0 Å². The van der Waals surface area contributed by atoms with E-state index in [2.05, 4.69) is 10.3 Å². The number of ether oxygens (including phenoxy) is 1. The molecule has 0 atom stereocenters. The van der Waals surface area contributed by atoms with Gasteiger partial charge >= 0.3 is 5.97 Å². The molecule has 0 aliphatic rings. The lowest BCUT2D eigenvalue weighted by atomic mass is 10.1. The molecule has 122 valence electrons. The number of benzene rings is 2. The van der Waals surface area contributed by atoms with Crippen LogP contribution in [0.15, 0.2) is 54.6 Å². The number of aromatic amines is 1. The molecule has 0 saturated heterocycles. The van der Waals surface area contributed by atoms with E-state index in [1.54, 1.807) is 6.07 Å². The van der Waals surface area contributed by atoms with Gasteiger partial charge < -0.3 is 15.0 Å². The van der Waals surface area contributed by atoms with Gasteiger partial charge in [0.05, 0.1) is 0 Å². The summed E-state index contributed by atoms with van der Waals surface area (Å²) < 4.78 is 5.06. The van der Waals surface area contributed by atoms with Gasteiger partial charge in [0.1, 0.15) is 5.69 Å². The predicted molar refractivity (Wildman–Crippen MR) is 91.6 cm³/mol. The van der Waals surface area contributed by atoms with Gasteiger partial charge in [-0.25, -0.2) is 4.79 Å². The van der Waals surface area contributed by atoms with Gasteiger partial charge in [0.15, 0.2) is 6.61 Å². The Kier molecular flexibility index (Phi) is 4.61. The quantitative estimate of drug-likeness (QED) is 0.710. The molecule has 24 heavy (non-hydrogen) atoms. The lowest BCUT2D eigenvalue weighted by Crippen LogP contribution is -2.28. The largest absolute Gasteiger partial charge is 0.451 e. The Morgan fingerprint density at radius 2 is 1.83 bits per heavy atom. The zero-order valence-corrected chi connectivity index (χ0v) is 13.3. The minimum absolute atomic E-state index is 0.305. The van der Waals surface area contributed by atoms with Crippen molar-refractivity contribution in [2.24, 2.45) is 0 Å². The topological polar surface area (TPSA) is 71.2 Å². The highest BCUT2D eigenvalue weighted by Gasteiger charge is 2.13. The normalized spacial score (nSPS) is 10.5. The standard InChI is InChI=1S/C19H18N2O3/c1-13-6-2-3-8-15(13)11-20-18(22)12-24-19(23)17-10-14-7-4-5-9-16(14)21-17/h2-10,21H,11-12H2,1H3,(H,20,22). The molecule has 3 aromatic rings. The fraction of sp³-hybridized carbons (Fsp3) is 0.158. The van der Waals surface area contributed by atoms with E-state index >= 15 is 0 Å². The molecule has 0 aliphatic heterocycles. The molecule has 1 heterocycles. The fourth-order valence-corrected chi connectivity index (χ4v) is 2.45. The maximum Gasteiger partial charge on any atom is 0.355 e. The highest BCUT2D eigenvalue weighted by Crippen LogP contribution is 2.15. The first kappa shape index (κ1) is 15.8. The average Bonchev–Trinajstić information content (AvgIpc) is 3.03. The Balaban J connectivity index is 1.52. The van der Waals surface area contributed by atoms with Crippen molar-refractivity contribution in [1.29, 1.82) is 0 Å². The van der Waals surface area contributed by atoms with Crippen molar-refractivity contribution in [2.75, 3.05) is 6.61 Å². The van der Waals surface area contributed by atoms with E-state index in [1.807, 2.05) is 55.5 Å². The molecule has 0 bridgehead atoms. The number of carbonyl (C=O) groups excluding carboxylic acids is 2. The minimum atomic E-state index is -0.544. The van der Waals surface area contributed by atoms with E-state index < -0.39 is 5.97 Å². The number of aryl methyl sites for hydroxylation is 1. The summed E-state index contributed by atoms with van der Waals surface area (Å²) in [6, 6.07) is 17.1. The molecule has 2 aromatic carbocycles. The van der Waals surface area contributed by atoms with Gasteiger partial charge in [0, 0.05) is 17.4 Å². The lowest BCUT2D eigenvalue weighted by molar-refractivity contribution is -0.124. The zero-order valence-electron chi connectivity index (χ0n) is 13.3. The molecule has 1 amide bonds. The summed E-state index contributed by atoms with van der Waals surface area (Å²) in [5.41, 5.74) is 3.33. The molecule has 1 aromatic heterocycles. The van der Waals surface area contributed by atoms with E-state index in [1.165, 1.54) is 0 Å². The van der Waals surface area contributed by atoms with Crippen LogP contribution in [-0.4, -0.2) is 23.5 Å². The number of fused-ring (bicyclic) bond motifs is 1. The van der Waals surface area contributed by atoms with Crippen molar-refractivity contribution >= 4 is 22.8 Å². The number of hydrogen-bond acceptors (Lipinski definition) is 3. The van der Waals surface area contributed by atoms with Crippen LogP contribution < -0.4 is 5.32 Å². The number of rotatable bonds is 5. The number of H-pyrrole nitrogens is 1. The van der Waals surface area contributed by atoms with Crippen LogP contribution >= 0.6 is 0 Å². The predicted octanol–water partition coefficient (Wildman–Crippen LogP) is 2.95. The summed E-state index contributed by atoms with van der Waals surface area (Å²) in [5, 5.41) is 3.67. The summed E-state index contributed by atoms with van der Waals surface area (Å²) in [6.45, 7) is 2.09. The molecule has 2 N–H and O–H groups in total. The number of nitrogens with one attached hydrogen (secondary N) is 2. The molecule has 0 aliphatic carbocycles. The Hall–Kier alpha value is -3.08. The molecule has 0 saturated carbocycles. The van der Waals surface area contributed by atoms with E-state index in [4.69, 9.17) is 4.74 Å². The maximum absolute atomic E-state index is 12.0. The highest BCUT2D eigenvalue weighted by molar-refractivity contribution is 5.95. The molecule has 0 spiro atoms. The summed E-state index contributed by atoms with van der Waals surface area (Å²) in [6.07, 6.45) is 0. The second kappa shape index (κ2) is 7.00. The average molecular weight is 322 g/mol. The third kappa shape index (κ3) is 3.63. The summed E-state index contributed by atoms with van der Waals surface area (Å²) in [7, 11) is 0. The molecule has 5 nitrogen and oxygen atoms in total. The lowest BCUT2D eigenvalue weighted by Gasteiger charge is -2.08. The number of aromatic nitrogens is 1. The highest BCUT2D eigenvalue weighted by atomic mass is 16.5. The first-order valence-electron chi connectivity index (χ1n) is 7.69. The Morgan fingerprint density at radius 3 is 2.62 bits per heavy atom. The zero-order chi connectivity index (χ0) is 16.9. The first-order chi connectivity index (χ1) is 11.6. The van der Waals surface area contributed by atoms with E-state index in [0.717, 1.165) is 22.0 Å². The van der Waals surface area contributed by atoms with Crippen molar-refractivity contribution in [3.8, 4) is 0 Å². The summed E-state index contributed by atoms with van der Waals surface area (Å²) in [4.78, 5) is 26.8. The second-order valence-corrected chi connectivity index (χ2v) is 5.55. The van der Waals surface area contributed by atoms with E-state index in [0.29, 0.717) is 12.2 Å². The molecule has 0 unspecified atom stereocenters. The molecule has 0 fully saturated rings. The molecular formula is C19H18N2O3. The third-order valence-electron chi connectivity index (χ3n) is 3.82. The second-order valence-electron chi connectivity index (χ2n) is 5.55. The van der Waals surface area contributed by atoms with E-state index in [-0.39, 0.29) is 12.5 Å². The first-order valence-corrected chi connectivity index (χ1v) is 7.69. The Labute approximate surface area is 139 Å². The number of para-hydroxylation sites is 1. The van der Waals surface area contributed by atoms with Crippen LogP contribution in [0.4, 0.5) is 0 Å². The molecule has 5 heteroatoms. The van der Waals surface area contributed by atoms with Gasteiger partial charge in [0.25, 0.3) is 5.91 Å². The van der Waals surface area contributed by atoms with Crippen molar-refractivity contribution < 1.29 is 14.3 Å². The fourth-order valence-electron chi connectivity index (χ4n) is 2.45. The van der Waals surface area contributed by atoms with Gasteiger partial charge in [-0.05, 0) is 30.2 Å². The van der Waals surface area contributed by atoms with Gasteiger partial charge in [-0.1, -0.05) is 42.5 Å². The van der Waals surface area contributed by atoms with Crippen molar-refractivity contribution in [3.05, 3.63) is 71.4 Å². The van der Waals surface area contributed by atoms with Crippen LogP contribution in [0.1, 0.15) is 21.6 Å². The van der Waals surface area contributed by atoms with E-state index in [9.17, 15) is 9.59 Å². The maximum atomic E-state index is 12.0. The SMILES string of the molecule is Cc1ccccc1CNC(=O)COC(=O)c1cc2ccccc2[nH]1. The van der Waals surface area contributed by atoms with Crippen LogP contribution in [0.2, 0.25) is 0 Å². The summed E-state index contributed by atoms with van der Waals surface area (Å²) >= 11 is 0. The van der Waals surface area contributed by atoms with Crippen LogP contribution in [0.3, 0.4) is 0 Å². The van der Waals surface area contributed by atoms with Crippen LogP contribution in [0, 0.1) is 6.92 Å². The number of carbonyl (C=O) groups is 2. The van der Waals surface area contributed by atoms with Crippen molar-refractivity contribution in [2.45, 2.75) is 13.5 Å².